The number of hydrogen-bond donors (Lipinski definition) is 1. The Bertz CT molecular complexity index is 703. The molecule has 1 aromatic heterocycles. The van der Waals surface area contributed by atoms with E-state index in [4.69, 9.17) is 23.2 Å². The molecule has 0 saturated carbocycles. The summed E-state index contributed by atoms with van der Waals surface area (Å²) in [4.78, 5) is 14.7. The topological polar surface area (TPSA) is 40.5 Å². The summed E-state index contributed by atoms with van der Waals surface area (Å²) in [5.41, 5.74) is 1.07. The van der Waals surface area contributed by atoms with Gasteiger partial charge in [0, 0.05) is 16.4 Å². The number of halogens is 2. The Morgan fingerprint density at radius 1 is 1.30 bits per heavy atom. The van der Waals surface area contributed by atoms with E-state index in [0.29, 0.717) is 11.6 Å². The highest BCUT2D eigenvalue weighted by molar-refractivity contribution is 7.16. The molecule has 1 N–H and O–H groups in total. The van der Waals surface area contributed by atoms with Crippen LogP contribution in [0.5, 0.6) is 0 Å². The van der Waals surface area contributed by atoms with Crippen molar-refractivity contribution in [2.24, 2.45) is 5.92 Å². The maximum atomic E-state index is 11.4. The highest BCUT2D eigenvalue weighted by atomic mass is 35.5. The van der Waals surface area contributed by atoms with E-state index in [-0.39, 0.29) is 12.0 Å². The van der Waals surface area contributed by atoms with Gasteiger partial charge in [-0.05, 0) is 49.2 Å². The molecule has 0 radical (unpaired) electrons. The summed E-state index contributed by atoms with van der Waals surface area (Å²) in [5.74, 6) is -1.04. The minimum atomic E-state index is -0.719. The van der Waals surface area contributed by atoms with Gasteiger partial charge < -0.3 is 5.11 Å². The summed E-state index contributed by atoms with van der Waals surface area (Å²) in [6.07, 6.45) is 1.62. The Morgan fingerprint density at radius 3 is 2.78 bits per heavy atom. The Morgan fingerprint density at radius 2 is 2.13 bits per heavy atom. The fourth-order valence-electron chi connectivity index (χ4n) is 3.15. The molecule has 1 aliphatic heterocycles. The second-order valence-corrected chi connectivity index (χ2v) is 7.95. The van der Waals surface area contributed by atoms with Crippen LogP contribution in [0.25, 0.3) is 0 Å². The van der Waals surface area contributed by atoms with Gasteiger partial charge in [0.05, 0.1) is 16.3 Å². The van der Waals surface area contributed by atoms with Crippen molar-refractivity contribution in [3.8, 4) is 0 Å². The molecule has 1 saturated heterocycles. The van der Waals surface area contributed by atoms with Crippen molar-refractivity contribution in [3.05, 3.63) is 56.2 Å². The van der Waals surface area contributed by atoms with Gasteiger partial charge in [-0.1, -0.05) is 35.3 Å². The van der Waals surface area contributed by atoms with E-state index in [1.54, 1.807) is 0 Å². The average molecular weight is 370 g/mol. The minimum Gasteiger partial charge on any atom is -0.481 e. The lowest BCUT2D eigenvalue weighted by Crippen LogP contribution is -2.41. The number of rotatable bonds is 4. The van der Waals surface area contributed by atoms with Crippen molar-refractivity contribution in [1.82, 2.24) is 4.90 Å². The van der Waals surface area contributed by atoms with E-state index >= 15 is 0 Å². The average Bonchev–Trinajstić information content (AvgIpc) is 2.94. The van der Waals surface area contributed by atoms with Gasteiger partial charge in [-0.15, -0.1) is 11.3 Å². The molecule has 2 heterocycles. The third-order valence-electron chi connectivity index (χ3n) is 4.20. The van der Waals surface area contributed by atoms with Crippen molar-refractivity contribution >= 4 is 40.5 Å². The van der Waals surface area contributed by atoms with Gasteiger partial charge in [-0.3, -0.25) is 9.69 Å². The van der Waals surface area contributed by atoms with Crippen LogP contribution in [0.3, 0.4) is 0 Å². The predicted molar refractivity (Wildman–Crippen MR) is 94.6 cm³/mol. The van der Waals surface area contributed by atoms with Crippen LogP contribution in [-0.4, -0.2) is 29.1 Å². The van der Waals surface area contributed by atoms with E-state index in [0.717, 1.165) is 34.2 Å². The van der Waals surface area contributed by atoms with Crippen LogP contribution in [0.15, 0.2) is 36.4 Å². The second kappa shape index (κ2) is 7.22. The molecular weight excluding hydrogens is 353 g/mol. The van der Waals surface area contributed by atoms with Gasteiger partial charge in [0.15, 0.2) is 0 Å². The molecule has 3 nitrogen and oxygen atoms in total. The van der Waals surface area contributed by atoms with E-state index in [9.17, 15) is 9.90 Å². The van der Waals surface area contributed by atoms with Gasteiger partial charge in [0.25, 0.3) is 0 Å². The van der Waals surface area contributed by atoms with Crippen LogP contribution in [0.1, 0.15) is 29.3 Å². The first-order valence-corrected chi connectivity index (χ1v) is 9.09. The zero-order valence-corrected chi connectivity index (χ0v) is 14.7. The quantitative estimate of drug-likeness (QED) is 0.829. The molecule has 1 fully saturated rings. The molecule has 0 aliphatic carbocycles. The standard InChI is InChI=1S/C17H17Cl2NO2S/c18-13-5-1-3-11(9-13)16(14-6-7-15(19)23-14)20-8-2-4-12(10-20)17(21)22/h1,3,5-7,9,12,16H,2,4,8,10H2,(H,21,22). The summed E-state index contributed by atoms with van der Waals surface area (Å²) in [7, 11) is 0. The van der Waals surface area contributed by atoms with Gasteiger partial charge in [-0.25, -0.2) is 0 Å². The molecule has 2 atom stereocenters. The zero-order valence-electron chi connectivity index (χ0n) is 12.4. The van der Waals surface area contributed by atoms with E-state index < -0.39 is 5.97 Å². The first-order chi connectivity index (χ1) is 11.0. The molecule has 1 aliphatic rings. The summed E-state index contributed by atoms with van der Waals surface area (Å²) in [6.45, 7) is 1.42. The first kappa shape index (κ1) is 16.8. The fraction of sp³-hybridized carbons (Fsp3) is 0.353. The number of thiophene rings is 1. The van der Waals surface area contributed by atoms with Crippen LogP contribution < -0.4 is 0 Å². The number of carboxylic acid groups (broad SMARTS) is 1. The Balaban J connectivity index is 1.96. The third kappa shape index (κ3) is 3.89. The number of piperidine rings is 1. The monoisotopic (exact) mass is 369 g/mol. The number of hydrogen-bond acceptors (Lipinski definition) is 3. The molecule has 3 rings (SSSR count). The van der Waals surface area contributed by atoms with Crippen LogP contribution in [0.4, 0.5) is 0 Å². The molecule has 0 amide bonds. The lowest BCUT2D eigenvalue weighted by atomic mass is 9.94. The van der Waals surface area contributed by atoms with Crippen molar-refractivity contribution in [3.63, 3.8) is 0 Å². The minimum absolute atomic E-state index is 0.00616. The molecule has 2 unspecified atom stereocenters. The van der Waals surface area contributed by atoms with E-state index in [2.05, 4.69) is 4.90 Å². The summed E-state index contributed by atoms with van der Waals surface area (Å²) >= 11 is 13.8. The molecule has 122 valence electrons. The van der Waals surface area contributed by atoms with Crippen molar-refractivity contribution < 1.29 is 9.90 Å². The number of nitrogens with zero attached hydrogens (tertiary/aromatic N) is 1. The lowest BCUT2D eigenvalue weighted by Gasteiger charge is -2.37. The van der Waals surface area contributed by atoms with Crippen LogP contribution in [0.2, 0.25) is 9.36 Å². The Hall–Kier alpha value is -1.07. The molecule has 6 heteroatoms. The maximum Gasteiger partial charge on any atom is 0.307 e. The number of carboxylic acids is 1. The Kier molecular flexibility index (Phi) is 5.27. The smallest absolute Gasteiger partial charge is 0.307 e. The largest absolute Gasteiger partial charge is 0.481 e. The number of benzene rings is 1. The highest BCUT2D eigenvalue weighted by Crippen LogP contribution is 2.38. The van der Waals surface area contributed by atoms with E-state index in [1.807, 2.05) is 36.4 Å². The number of aliphatic carboxylic acids is 1. The normalized spacial score (nSPS) is 20.3. The molecule has 2 aromatic rings. The zero-order chi connectivity index (χ0) is 16.4. The van der Waals surface area contributed by atoms with Crippen LogP contribution >= 0.6 is 34.5 Å². The van der Waals surface area contributed by atoms with Crippen LogP contribution in [0, 0.1) is 5.92 Å². The SMILES string of the molecule is O=C(O)C1CCCN(C(c2cccc(Cl)c2)c2ccc(Cl)s2)C1. The number of likely N-dealkylation sites (tertiary alicyclic amines) is 1. The fourth-order valence-corrected chi connectivity index (χ4v) is 4.57. The summed E-state index contributed by atoms with van der Waals surface area (Å²) in [6, 6.07) is 11.7. The van der Waals surface area contributed by atoms with Crippen LogP contribution in [-0.2, 0) is 4.79 Å². The Labute approximate surface area is 149 Å². The molecular formula is C17H17Cl2NO2S. The number of carbonyl (C=O) groups is 1. The van der Waals surface area contributed by atoms with Crippen molar-refractivity contribution in [2.45, 2.75) is 18.9 Å². The van der Waals surface area contributed by atoms with Gasteiger partial charge in [0.2, 0.25) is 0 Å². The van der Waals surface area contributed by atoms with Gasteiger partial charge >= 0.3 is 5.97 Å². The summed E-state index contributed by atoms with van der Waals surface area (Å²) in [5, 5.41) is 10.0. The molecule has 0 spiro atoms. The highest BCUT2D eigenvalue weighted by Gasteiger charge is 2.32. The van der Waals surface area contributed by atoms with Crippen molar-refractivity contribution in [2.75, 3.05) is 13.1 Å². The maximum absolute atomic E-state index is 11.4. The van der Waals surface area contributed by atoms with E-state index in [1.165, 1.54) is 11.3 Å². The summed E-state index contributed by atoms with van der Waals surface area (Å²) < 4.78 is 0.735. The predicted octanol–water partition coefficient (Wildman–Crippen LogP) is 4.94. The third-order valence-corrected chi connectivity index (χ3v) is 5.71. The van der Waals surface area contributed by atoms with Gasteiger partial charge in [-0.2, -0.15) is 0 Å². The molecule has 1 aromatic carbocycles. The molecule has 0 bridgehead atoms. The van der Waals surface area contributed by atoms with Gasteiger partial charge in [0.1, 0.15) is 0 Å². The van der Waals surface area contributed by atoms with Crippen molar-refractivity contribution in [1.29, 1.82) is 0 Å². The second-order valence-electron chi connectivity index (χ2n) is 5.77. The lowest BCUT2D eigenvalue weighted by molar-refractivity contribution is -0.143. The first-order valence-electron chi connectivity index (χ1n) is 7.52. The molecule has 23 heavy (non-hydrogen) atoms.